The summed E-state index contributed by atoms with van der Waals surface area (Å²) in [7, 11) is 0. The van der Waals surface area contributed by atoms with E-state index in [0.29, 0.717) is 5.15 Å². The molecule has 0 spiro atoms. The van der Waals surface area contributed by atoms with Crippen molar-refractivity contribution in [1.29, 1.82) is 0 Å². The Labute approximate surface area is 112 Å². The standard InChI is InChI=1S/C15H15ClN2/c16-14-6-3-7-15(17-14)18-10-8-12-4-1-2-5-13(12)9-11-18/h1-7H,8-11H2. The first-order valence-electron chi connectivity index (χ1n) is 6.27. The second-order valence-corrected chi connectivity index (χ2v) is 4.96. The number of aromatic nitrogens is 1. The van der Waals surface area contributed by atoms with E-state index in [-0.39, 0.29) is 0 Å². The summed E-state index contributed by atoms with van der Waals surface area (Å²) in [5.74, 6) is 0.982. The first-order valence-corrected chi connectivity index (χ1v) is 6.65. The summed E-state index contributed by atoms with van der Waals surface area (Å²) < 4.78 is 0. The van der Waals surface area contributed by atoms with Crippen molar-refractivity contribution in [3.05, 3.63) is 58.7 Å². The highest BCUT2D eigenvalue weighted by Gasteiger charge is 2.14. The van der Waals surface area contributed by atoms with Gasteiger partial charge in [-0.3, -0.25) is 0 Å². The van der Waals surface area contributed by atoms with E-state index in [4.69, 9.17) is 11.6 Å². The maximum atomic E-state index is 5.96. The largest absolute Gasteiger partial charge is 0.356 e. The summed E-state index contributed by atoms with van der Waals surface area (Å²) in [5, 5.41) is 0.564. The van der Waals surface area contributed by atoms with Gasteiger partial charge in [0.15, 0.2) is 0 Å². The lowest BCUT2D eigenvalue weighted by atomic mass is 10.0. The van der Waals surface area contributed by atoms with Crippen molar-refractivity contribution >= 4 is 17.4 Å². The number of benzene rings is 1. The van der Waals surface area contributed by atoms with Gasteiger partial charge in [0.1, 0.15) is 11.0 Å². The first-order chi connectivity index (χ1) is 8.83. The molecule has 0 radical (unpaired) electrons. The first kappa shape index (κ1) is 11.5. The SMILES string of the molecule is Clc1cccc(N2CCc3ccccc3CC2)n1. The van der Waals surface area contributed by atoms with Gasteiger partial charge in [-0.05, 0) is 36.1 Å². The highest BCUT2D eigenvalue weighted by atomic mass is 35.5. The predicted molar refractivity (Wildman–Crippen MR) is 75.3 cm³/mol. The molecule has 2 nitrogen and oxygen atoms in total. The van der Waals surface area contributed by atoms with E-state index in [1.807, 2.05) is 18.2 Å². The summed E-state index contributed by atoms with van der Waals surface area (Å²) in [4.78, 5) is 6.70. The molecule has 0 aliphatic carbocycles. The molecule has 2 heterocycles. The Morgan fingerprint density at radius 2 is 1.56 bits per heavy atom. The van der Waals surface area contributed by atoms with Crippen molar-refractivity contribution in [2.24, 2.45) is 0 Å². The molecule has 1 aliphatic heterocycles. The van der Waals surface area contributed by atoms with Gasteiger partial charge in [0.2, 0.25) is 0 Å². The van der Waals surface area contributed by atoms with Crippen LogP contribution in [0, 0.1) is 0 Å². The van der Waals surface area contributed by atoms with E-state index in [1.165, 1.54) is 11.1 Å². The van der Waals surface area contributed by atoms with Crippen LogP contribution in [0.3, 0.4) is 0 Å². The number of nitrogens with zero attached hydrogens (tertiary/aromatic N) is 2. The molecular formula is C15H15ClN2. The molecule has 0 unspecified atom stereocenters. The lowest BCUT2D eigenvalue weighted by Gasteiger charge is -2.21. The quantitative estimate of drug-likeness (QED) is 0.730. The molecular weight excluding hydrogens is 244 g/mol. The van der Waals surface area contributed by atoms with Crippen LogP contribution in [0.15, 0.2) is 42.5 Å². The fourth-order valence-corrected chi connectivity index (χ4v) is 2.63. The van der Waals surface area contributed by atoms with Crippen LogP contribution >= 0.6 is 11.6 Å². The van der Waals surface area contributed by atoms with Crippen LogP contribution in [0.25, 0.3) is 0 Å². The highest BCUT2D eigenvalue weighted by molar-refractivity contribution is 6.29. The van der Waals surface area contributed by atoms with E-state index in [0.717, 1.165) is 31.7 Å². The number of pyridine rings is 1. The van der Waals surface area contributed by atoms with Crippen molar-refractivity contribution in [3.63, 3.8) is 0 Å². The molecule has 1 aliphatic rings. The molecule has 1 aromatic heterocycles. The van der Waals surface area contributed by atoms with E-state index < -0.39 is 0 Å². The second-order valence-electron chi connectivity index (χ2n) is 4.57. The molecule has 2 aromatic rings. The minimum atomic E-state index is 0.564. The van der Waals surface area contributed by atoms with Crippen LogP contribution in [-0.2, 0) is 12.8 Å². The maximum absolute atomic E-state index is 5.96. The number of hydrogen-bond acceptors (Lipinski definition) is 2. The normalized spacial score (nSPS) is 15.1. The summed E-state index contributed by atoms with van der Waals surface area (Å²) in [5.41, 5.74) is 2.92. The zero-order valence-corrected chi connectivity index (χ0v) is 10.9. The molecule has 0 N–H and O–H groups in total. The molecule has 0 amide bonds. The van der Waals surface area contributed by atoms with Crippen LogP contribution in [0.2, 0.25) is 5.15 Å². The molecule has 0 fully saturated rings. The summed E-state index contributed by atoms with van der Waals surface area (Å²) in [6.45, 7) is 2.01. The van der Waals surface area contributed by atoms with Gasteiger partial charge in [0.05, 0.1) is 0 Å². The van der Waals surface area contributed by atoms with Crippen molar-refractivity contribution in [2.45, 2.75) is 12.8 Å². The Bertz CT molecular complexity index is 527. The van der Waals surface area contributed by atoms with Gasteiger partial charge in [-0.25, -0.2) is 4.98 Å². The fourth-order valence-electron chi connectivity index (χ4n) is 2.47. The summed E-state index contributed by atoms with van der Waals surface area (Å²) in [6, 6.07) is 14.5. The topological polar surface area (TPSA) is 16.1 Å². The summed E-state index contributed by atoms with van der Waals surface area (Å²) >= 11 is 5.96. The van der Waals surface area contributed by atoms with E-state index >= 15 is 0 Å². The fraction of sp³-hybridized carbons (Fsp3) is 0.267. The zero-order chi connectivity index (χ0) is 12.4. The van der Waals surface area contributed by atoms with Gasteiger partial charge in [0.25, 0.3) is 0 Å². The van der Waals surface area contributed by atoms with Gasteiger partial charge in [0, 0.05) is 13.1 Å². The summed E-state index contributed by atoms with van der Waals surface area (Å²) in [6.07, 6.45) is 2.15. The van der Waals surface area contributed by atoms with Gasteiger partial charge in [-0.15, -0.1) is 0 Å². The van der Waals surface area contributed by atoms with Crippen LogP contribution in [0.4, 0.5) is 5.82 Å². The number of hydrogen-bond donors (Lipinski definition) is 0. The molecule has 3 rings (SSSR count). The molecule has 1 aromatic carbocycles. The minimum Gasteiger partial charge on any atom is -0.356 e. The molecule has 3 heteroatoms. The molecule has 0 saturated carbocycles. The molecule has 0 bridgehead atoms. The van der Waals surface area contributed by atoms with E-state index in [2.05, 4.69) is 34.1 Å². The third kappa shape index (κ3) is 2.34. The molecule has 92 valence electrons. The third-order valence-corrected chi connectivity index (χ3v) is 3.66. The van der Waals surface area contributed by atoms with E-state index in [1.54, 1.807) is 0 Å². The Morgan fingerprint density at radius 3 is 2.17 bits per heavy atom. The smallest absolute Gasteiger partial charge is 0.131 e. The van der Waals surface area contributed by atoms with E-state index in [9.17, 15) is 0 Å². The average molecular weight is 259 g/mol. The van der Waals surface area contributed by atoms with Gasteiger partial charge in [-0.1, -0.05) is 41.9 Å². The van der Waals surface area contributed by atoms with Crippen molar-refractivity contribution in [1.82, 2.24) is 4.98 Å². The zero-order valence-electron chi connectivity index (χ0n) is 10.1. The third-order valence-electron chi connectivity index (χ3n) is 3.44. The van der Waals surface area contributed by atoms with Crippen LogP contribution in [-0.4, -0.2) is 18.1 Å². The number of halogens is 1. The van der Waals surface area contributed by atoms with Crippen molar-refractivity contribution < 1.29 is 0 Å². The highest BCUT2D eigenvalue weighted by Crippen LogP contribution is 2.20. The maximum Gasteiger partial charge on any atom is 0.131 e. The Morgan fingerprint density at radius 1 is 0.889 bits per heavy atom. The Hall–Kier alpha value is -1.54. The van der Waals surface area contributed by atoms with Crippen molar-refractivity contribution in [2.75, 3.05) is 18.0 Å². The lowest BCUT2D eigenvalue weighted by molar-refractivity contribution is 0.791. The molecule has 0 atom stereocenters. The number of anilines is 1. The molecule has 18 heavy (non-hydrogen) atoms. The Balaban J connectivity index is 1.83. The van der Waals surface area contributed by atoms with Crippen LogP contribution < -0.4 is 4.90 Å². The average Bonchev–Trinajstić information content (AvgIpc) is 2.61. The van der Waals surface area contributed by atoms with Gasteiger partial charge >= 0.3 is 0 Å². The number of fused-ring (bicyclic) bond motifs is 1. The Kier molecular flexibility index (Phi) is 3.20. The van der Waals surface area contributed by atoms with Gasteiger partial charge < -0.3 is 4.90 Å². The number of rotatable bonds is 1. The molecule has 0 saturated heterocycles. The van der Waals surface area contributed by atoms with Crippen LogP contribution in [0.5, 0.6) is 0 Å². The predicted octanol–water partition coefficient (Wildman–Crippen LogP) is 3.34. The van der Waals surface area contributed by atoms with Crippen LogP contribution in [0.1, 0.15) is 11.1 Å². The monoisotopic (exact) mass is 258 g/mol. The lowest BCUT2D eigenvalue weighted by Crippen LogP contribution is -2.26. The minimum absolute atomic E-state index is 0.564. The second kappa shape index (κ2) is 4.99. The van der Waals surface area contributed by atoms with Crippen molar-refractivity contribution in [3.8, 4) is 0 Å². The van der Waals surface area contributed by atoms with Gasteiger partial charge in [-0.2, -0.15) is 0 Å².